The molecule has 3 saturated carbocycles. The van der Waals surface area contributed by atoms with Gasteiger partial charge in [0.15, 0.2) is 5.78 Å². The van der Waals surface area contributed by atoms with E-state index >= 15 is 0 Å². The Kier molecular flexibility index (Phi) is 7.59. The molecule has 8 atom stereocenters. The maximum absolute atomic E-state index is 13.4. The van der Waals surface area contributed by atoms with Crippen LogP contribution in [0.15, 0.2) is 34.4 Å². The zero-order valence-electron chi connectivity index (χ0n) is 28.4. The highest BCUT2D eigenvalue weighted by Gasteiger charge is 2.69. The van der Waals surface area contributed by atoms with E-state index in [1.807, 2.05) is 6.92 Å². The summed E-state index contributed by atoms with van der Waals surface area (Å²) in [6, 6.07) is 0. The van der Waals surface area contributed by atoms with Crippen LogP contribution in [-0.2, 0) is 14.3 Å². The van der Waals surface area contributed by atoms with Gasteiger partial charge in [-0.2, -0.15) is 0 Å². The van der Waals surface area contributed by atoms with Gasteiger partial charge < -0.3 is 9.84 Å². The predicted octanol–water partition coefficient (Wildman–Crippen LogP) is 8.79. The lowest BCUT2D eigenvalue weighted by Crippen LogP contribution is -2.64. The van der Waals surface area contributed by atoms with E-state index in [9.17, 15) is 14.7 Å². The molecule has 6 rings (SSSR count). The van der Waals surface area contributed by atoms with Crippen molar-refractivity contribution in [1.82, 2.24) is 0 Å². The average Bonchev–Trinajstić information content (AvgIpc) is 3.26. The van der Waals surface area contributed by atoms with Crippen molar-refractivity contribution >= 4 is 11.8 Å². The maximum atomic E-state index is 13.4. The topological polar surface area (TPSA) is 63.6 Å². The molecule has 43 heavy (non-hydrogen) atoms. The Labute approximate surface area is 261 Å². The Bertz CT molecular complexity index is 1280. The van der Waals surface area contributed by atoms with Gasteiger partial charge in [-0.25, -0.2) is 0 Å². The lowest BCUT2D eigenvalue weighted by atomic mass is 9.33. The van der Waals surface area contributed by atoms with Crippen molar-refractivity contribution in [3.63, 3.8) is 0 Å². The molecule has 6 aliphatic rings. The number of carbonyl (C=O) groups excluding carboxylic acids is 2. The van der Waals surface area contributed by atoms with Gasteiger partial charge in [-0.3, -0.25) is 9.59 Å². The first kappa shape index (κ1) is 31.3. The minimum atomic E-state index is -0.310. The largest absolute Gasteiger partial charge is 0.466 e. The Morgan fingerprint density at radius 1 is 0.977 bits per heavy atom. The van der Waals surface area contributed by atoms with Gasteiger partial charge in [-0.05, 0) is 133 Å². The number of ether oxygens (including phenoxy) is 1. The number of allylic oxidation sites excluding steroid dienone is 5. The molecule has 0 radical (unpaired) electrons. The number of carbonyl (C=O) groups is 2. The monoisotopic (exact) mass is 590 g/mol. The van der Waals surface area contributed by atoms with Crippen molar-refractivity contribution in [2.45, 2.75) is 126 Å². The number of hydrogen-bond donors (Lipinski definition) is 1. The van der Waals surface area contributed by atoms with Crippen molar-refractivity contribution in [3.05, 3.63) is 34.4 Å². The van der Waals surface area contributed by atoms with E-state index < -0.39 is 0 Å². The minimum absolute atomic E-state index is 0.00846. The molecule has 0 bridgehead atoms. The maximum Gasteiger partial charge on any atom is 0.309 e. The van der Waals surface area contributed by atoms with E-state index in [2.05, 4.69) is 60.6 Å². The Morgan fingerprint density at radius 2 is 1.72 bits per heavy atom. The van der Waals surface area contributed by atoms with Crippen LogP contribution in [0.1, 0.15) is 126 Å². The summed E-state index contributed by atoms with van der Waals surface area (Å²) in [5.41, 5.74) is 5.85. The lowest BCUT2D eigenvalue weighted by Gasteiger charge is -2.71. The van der Waals surface area contributed by atoms with Crippen molar-refractivity contribution in [2.75, 3.05) is 13.2 Å². The number of ketones is 1. The second-order valence-corrected chi connectivity index (χ2v) is 17.1. The summed E-state index contributed by atoms with van der Waals surface area (Å²) in [4.78, 5) is 25.8. The molecule has 4 nitrogen and oxygen atoms in total. The Hall–Kier alpha value is -1.68. The number of fused-ring (bicyclic) bond motifs is 7. The molecule has 1 N–H and O–H groups in total. The van der Waals surface area contributed by atoms with E-state index in [0.29, 0.717) is 36.6 Å². The third-order valence-corrected chi connectivity index (χ3v) is 14.8. The second-order valence-electron chi connectivity index (χ2n) is 17.1. The fourth-order valence-electron chi connectivity index (χ4n) is 12.6. The van der Waals surface area contributed by atoms with Gasteiger partial charge in [0.25, 0.3) is 0 Å². The van der Waals surface area contributed by atoms with Gasteiger partial charge in [0.05, 0.1) is 19.1 Å². The Morgan fingerprint density at radius 3 is 2.35 bits per heavy atom. The standard InChI is InChI=1S/C39H58O4/c1-9-43-34(42)26-12-10-25(11-13-26)27-16-18-36(6)30(35(27,4)5)17-19-38(8)31(36)15-14-28-33-32(24(2)3)29(41)22-39(33,23-40)21-20-37(28,38)7/h10,16,24,26,28,30-31,40H,9,11-15,17-23H2,1-8H3/t26?,28-,30+,31-,36+,37-,38-,39+/m1/s1. The molecular weight excluding hydrogens is 532 g/mol. The number of esters is 1. The summed E-state index contributed by atoms with van der Waals surface area (Å²) in [6.07, 6.45) is 16.2. The van der Waals surface area contributed by atoms with Crippen molar-refractivity contribution in [1.29, 1.82) is 0 Å². The van der Waals surface area contributed by atoms with Crippen LogP contribution in [0.5, 0.6) is 0 Å². The third kappa shape index (κ3) is 4.23. The molecule has 238 valence electrons. The molecule has 3 fully saturated rings. The molecule has 0 spiro atoms. The first-order chi connectivity index (χ1) is 20.2. The zero-order chi connectivity index (χ0) is 31.2. The smallest absolute Gasteiger partial charge is 0.309 e. The molecule has 1 unspecified atom stereocenters. The highest BCUT2D eigenvalue weighted by atomic mass is 16.5. The van der Waals surface area contributed by atoms with E-state index in [1.165, 1.54) is 30.4 Å². The van der Waals surface area contributed by atoms with E-state index in [1.54, 1.807) is 5.57 Å². The molecule has 0 aromatic rings. The normalized spacial score (nSPS) is 43.7. The van der Waals surface area contributed by atoms with Gasteiger partial charge in [0.2, 0.25) is 0 Å². The second kappa shape index (κ2) is 10.4. The first-order valence-corrected chi connectivity index (χ1v) is 17.7. The Balaban J connectivity index is 1.33. The minimum Gasteiger partial charge on any atom is -0.466 e. The lowest BCUT2D eigenvalue weighted by molar-refractivity contribution is -0.199. The van der Waals surface area contributed by atoms with E-state index in [0.717, 1.165) is 50.5 Å². The fraction of sp³-hybridized carbons (Fsp3) is 0.795. The van der Waals surface area contributed by atoms with Crippen LogP contribution in [0.4, 0.5) is 0 Å². The molecule has 4 heteroatoms. The van der Waals surface area contributed by atoms with E-state index in [-0.39, 0.29) is 51.5 Å². The number of aliphatic hydroxyl groups is 1. The average molecular weight is 591 g/mol. The highest BCUT2D eigenvalue weighted by molar-refractivity contribution is 6.00. The number of rotatable bonds is 5. The summed E-state index contributed by atoms with van der Waals surface area (Å²) in [7, 11) is 0. The summed E-state index contributed by atoms with van der Waals surface area (Å²) in [5.74, 6) is 2.18. The van der Waals surface area contributed by atoms with Crippen molar-refractivity contribution in [2.24, 2.45) is 56.7 Å². The van der Waals surface area contributed by atoms with Gasteiger partial charge >= 0.3 is 5.97 Å². The summed E-state index contributed by atoms with van der Waals surface area (Å²) < 4.78 is 5.34. The van der Waals surface area contributed by atoms with Gasteiger partial charge in [0.1, 0.15) is 0 Å². The number of Topliss-reactive ketones (excluding diaryl/α,β-unsaturated/α-hetero) is 1. The van der Waals surface area contributed by atoms with Gasteiger partial charge in [-0.1, -0.05) is 66.2 Å². The van der Waals surface area contributed by atoms with Gasteiger partial charge in [0, 0.05) is 11.8 Å². The molecule has 0 amide bonds. The number of hydrogen-bond acceptors (Lipinski definition) is 4. The SMILES string of the molecule is CCOC(=O)C1CC=C(C2=CC[C@]3(C)[C@H]4CC[C@@H]5C6=C(C(C)C)C(=O)C[C@]6(CO)CC[C@@]5(C)[C@]4(C)CC[C@H]3C2(C)C)CC1. The van der Waals surface area contributed by atoms with Crippen molar-refractivity contribution < 1.29 is 19.4 Å². The van der Waals surface area contributed by atoms with Crippen LogP contribution in [-0.4, -0.2) is 30.1 Å². The van der Waals surface area contributed by atoms with Crippen LogP contribution in [0.3, 0.4) is 0 Å². The molecule has 0 aromatic heterocycles. The number of aliphatic hydroxyl groups excluding tert-OH is 1. The summed E-state index contributed by atoms with van der Waals surface area (Å²) in [5, 5.41) is 10.8. The third-order valence-electron chi connectivity index (χ3n) is 14.8. The fourth-order valence-corrected chi connectivity index (χ4v) is 12.6. The zero-order valence-corrected chi connectivity index (χ0v) is 28.4. The van der Waals surface area contributed by atoms with Crippen LogP contribution in [0.25, 0.3) is 0 Å². The van der Waals surface area contributed by atoms with E-state index in [4.69, 9.17) is 4.74 Å². The molecule has 0 aliphatic heterocycles. The van der Waals surface area contributed by atoms with Crippen LogP contribution >= 0.6 is 0 Å². The van der Waals surface area contributed by atoms with Gasteiger partial charge in [-0.15, -0.1) is 0 Å². The predicted molar refractivity (Wildman–Crippen MR) is 172 cm³/mol. The highest BCUT2D eigenvalue weighted by Crippen LogP contribution is 2.76. The first-order valence-electron chi connectivity index (χ1n) is 17.7. The van der Waals surface area contributed by atoms with Crippen LogP contribution < -0.4 is 0 Å². The molecule has 0 saturated heterocycles. The van der Waals surface area contributed by atoms with Crippen LogP contribution in [0.2, 0.25) is 0 Å². The molecule has 6 aliphatic carbocycles. The summed E-state index contributed by atoms with van der Waals surface area (Å²) >= 11 is 0. The summed E-state index contributed by atoms with van der Waals surface area (Å²) in [6.45, 7) is 19.7. The van der Waals surface area contributed by atoms with Crippen molar-refractivity contribution in [3.8, 4) is 0 Å². The van der Waals surface area contributed by atoms with Crippen LogP contribution in [0, 0.1) is 56.7 Å². The molecular formula is C39H58O4. The molecule has 0 aromatic carbocycles. The molecule has 0 heterocycles. The quantitative estimate of drug-likeness (QED) is 0.325.